The Bertz CT molecular complexity index is 770. The van der Waals surface area contributed by atoms with Crippen molar-refractivity contribution in [2.24, 2.45) is 0 Å². The highest BCUT2D eigenvalue weighted by Crippen LogP contribution is 2.43. The minimum Gasteiger partial charge on any atom is -0.507 e. The van der Waals surface area contributed by atoms with Gasteiger partial charge in [0.2, 0.25) is 0 Å². The summed E-state index contributed by atoms with van der Waals surface area (Å²) in [5, 5.41) is 11.0. The van der Waals surface area contributed by atoms with Crippen molar-refractivity contribution in [2.75, 3.05) is 0 Å². The van der Waals surface area contributed by atoms with Crippen molar-refractivity contribution in [1.82, 2.24) is 0 Å². The lowest BCUT2D eigenvalue weighted by molar-refractivity contribution is 0.442. The van der Waals surface area contributed by atoms with Gasteiger partial charge in [-0.1, -0.05) is 79.9 Å². The van der Waals surface area contributed by atoms with Crippen molar-refractivity contribution in [3.63, 3.8) is 0 Å². The molecule has 4 rings (SSSR count). The van der Waals surface area contributed by atoms with E-state index in [9.17, 15) is 5.11 Å². The van der Waals surface area contributed by atoms with E-state index < -0.39 is 0 Å². The molecule has 0 saturated heterocycles. The van der Waals surface area contributed by atoms with Gasteiger partial charge in [-0.05, 0) is 47.6 Å². The van der Waals surface area contributed by atoms with Crippen LogP contribution in [0.1, 0.15) is 43.6 Å². The number of rotatable bonds is 3. The zero-order chi connectivity index (χ0) is 17.1. The lowest BCUT2D eigenvalue weighted by Crippen LogP contribution is -2.05. The van der Waals surface area contributed by atoms with Crippen LogP contribution >= 0.6 is 0 Å². The van der Waals surface area contributed by atoms with Gasteiger partial charge in [-0.25, -0.2) is 0 Å². The second kappa shape index (κ2) is 7.14. The molecule has 0 bridgehead atoms. The highest BCUT2D eigenvalue weighted by Gasteiger charge is 2.20. The van der Waals surface area contributed by atoms with Gasteiger partial charge in [0.05, 0.1) is 0 Å². The van der Waals surface area contributed by atoms with E-state index in [1.807, 2.05) is 36.4 Å². The average Bonchev–Trinajstić information content (AvgIpc) is 2.70. The van der Waals surface area contributed by atoms with Gasteiger partial charge in [-0.2, -0.15) is 0 Å². The third-order valence-electron chi connectivity index (χ3n) is 5.38. The van der Waals surface area contributed by atoms with Crippen LogP contribution in [-0.4, -0.2) is 5.11 Å². The van der Waals surface area contributed by atoms with Gasteiger partial charge in [-0.15, -0.1) is 0 Å². The van der Waals surface area contributed by atoms with E-state index in [1.165, 1.54) is 37.7 Å². The molecular formula is C24H24O. The fraction of sp³-hybridized carbons (Fsp3) is 0.250. The van der Waals surface area contributed by atoms with Crippen LogP contribution < -0.4 is 0 Å². The van der Waals surface area contributed by atoms with Crippen molar-refractivity contribution in [3.05, 3.63) is 78.4 Å². The fourth-order valence-corrected chi connectivity index (χ4v) is 4.00. The molecule has 0 unspecified atom stereocenters. The summed E-state index contributed by atoms with van der Waals surface area (Å²) >= 11 is 0. The molecule has 1 N–H and O–H groups in total. The van der Waals surface area contributed by atoms with E-state index in [0.717, 1.165) is 22.3 Å². The van der Waals surface area contributed by atoms with E-state index in [-0.39, 0.29) is 0 Å². The van der Waals surface area contributed by atoms with Gasteiger partial charge >= 0.3 is 0 Å². The minimum atomic E-state index is 0.386. The summed E-state index contributed by atoms with van der Waals surface area (Å²) in [5.41, 5.74) is 5.42. The third kappa shape index (κ3) is 3.32. The molecule has 1 aliphatic rings. The maximum atomic E-state index is 11.0. The molecule has 3 aromatic carbocycles. The molecule has 0 amide bonds. The van der Waals surface area contributed by atoms with Crippen LogP contribution in [0.4, 0.5) is 0 Å². The van der Waals surface area contributed by atoms with Crippen LogP contribution in [0.15, 0.2) is 72.8 Å². The number of aromatic hydroxyl groups is 1. The Labute approximate surface area is 150 Å². The first kappa shape index (κ1) is 16.0. The van der Waals surface area contributed by atoms with Crippen molar-refractivity contribution in [1.29, 1.82) is 0 Å². The summed E-state index contributed by atoms with van der Waals surface area (Å²) in [6.45, 7) is 0. The Kier molecular flexibility index (Phi) is 4.56. The maximum Gasteiger partial charge on any atom is 0.131 e. The molecule has 0 radical (unpaired) electrons. The van der Waals surface area contributed by atoms with E-state index in [2.05, 4.69) is 36.4 Å². The normalized spacial score (nSPS) is 15.2. The number of benzene rings is 3. The first-order valence-electron chi connectivity index (χ1n) is 9.30. The Morgan fingerprint density at radius 2 is 1.12 bits per heavy atom. The van der Waals surface area contributed by atoms with Gasteiger partial charge in [-0.3, -0.25) is 0 Å². The van der Waals surface area contributed by atoms with Gasteiger partial charge in [0, 0.05) is 11.1 Å². The van der Waals surface area contributed by atoms with Crippen molar-refractivity contribution in [3.8, 4) is 28.0 Å². The predicted molar refractivity (Wildman–Crippen MR) is 105 cm³/mol. The van der Waals surface area contributed by atoms with Crippen LogP contribution in [0.2, 0.25) is 0 Å². The molecule has 3 aromatic rings. The molecular weight excluding hydrogens is 304 g/mol. The standard InChI is InChI=1S/C24H24O/c25-24-22(19-12-6-2-7-13-19)16-21(18-10-4-1-5-11-18)17-23(24)20-14-8-3-9-15-20/h2-3,6-9,12-18,25H,1,4-5,10-11H2. The summed E-state index contributed by atoms with van der Waals surface area (Å²) in [7, 11) is 0. The molecule has 0 aromatic heterocycles. The highest BCUT2D eigenvalue weighted by molar-refractivity contribution is 5.83. The van der Waals surface area contributed by atoms with Crippen molar-refractivity contribution >= 4 is 0 Å². The van der Waals surface area contributed by atoms with Crippen LogP contribution in [-0.2, 0) is 0 Å². The van der Waals surface area contributed by atoms with Gasteiger partial charge in [0.15, 0.2) is 0 Å². The van der Waals surface area contributed by atoms with Crippen LogP contribution in [0.3, 0.4) is 0 Å². The fourth-order valence-electron chi connectivity index (χ4n) is 4.00. The smallest absolute Gasteiger partial charge is 0.131 e. The zero-order valence-corrected chi connectivity index (χ0v) is 14.5. The molecule has 1 fully saturated rings. The van der Waals surface area contributed by atoms with E-state index in [1.54, 1.807) is 0 Å². The van der Waals surface area contributed by atoms with E-state index in [4.69, 9.17) is 0 Å². The molecule has 0 atom stereocenters. The predicted octanol–water partition coefficient (Wildman–Crippen LogP) is 6.77. The summed E-state index contributed by atoms with van der Waals surface area (Å²) in [6, 6.07) is 24.9. The van der Waals surface area contributed by atoms with Crippen LogP contribution in [0, 0.1) is 0 Å². The summed E-state index contributed by atoms with van der Waals surface area (Å²) in [6.07, 6.45) is 6.49. The van der Waals surface area contributed by atoms with Crippen molar-refractivity contribution < 1.29 is 5.11 Å². The molecule has 126 valence electrons. The summed E-state index contributed by atoms with van der Waals surface area (Å²) in [5.74, 6) is 0.997. The molecule has 1 aliphatic carbocycles. The molecule has 0 aliphatic heterocycles. The van der Waals surface area contributed by atoms with E-state index in [0.29, 0.717) is 11.7 Å². The Balaban J connectivity index is 1.88. The Morgan fingerprint density at radius 1 is 0.640 bits per heavy atom. The summed E-state index contributed by atoms with van der Waals surface area (Å²) < 4.78 is 0. The molecule has 1 saturated carbocycles. The van der Waals surface area contributed by atoms with Crippen LogP contribution in [0.25, 0.3) is 22.3 Å². The summed E-state index contributed by atoms with van der Waals surface area (Å²) in [4.78, 5) is 0. The van der Waals surface area contributed by atoms with Gasteiger partial charge < -0.3 is 5.11 Å². The molecule has 1 nitrogen and oxygen atoms in total. The first-order chi connectivity index (χ1) is 12.3. The average molecular weight is 328 g/mol. The number of hydrogen-bond donors (Lipinski definition) is 1. The lowest BCUT2D eigenvalue weighted by Gasteiger charge is -2.24. The molecule has 0 heterocycles. The highest BCUT2D eigenvalue weighted by atomic mass is 16.3. The van der Waals surface area contributed by atoms with Crippen molar-refractivity contribution in [2.45, 2.75) is 38.0 Å². The van der Waals surface area contributed by atoms with Gasteiger partial charge in [0.1, 0.15) is 5.75 Å². The number of phenols is 1. The lowest BCUT2D eigenvalue weighted by atomic mass is 9.81. The maximum absolute atomic E-state index is 11.0. The monoisotopic (exact) mass is 328 g/mol. The number of phenolic OH excluding ortho intramolecular Hbond substituents is 1. The second-order valence-electron chi connectivity index (χ2n) is 7.03. The molecule has 0 spiro atoms. The second-order valence-corrected chi connectivity index (χ2v) is 7.03. The minimum absolute atomic E-state index is 0.386. The van der Waals surface area contributed by atoms with Crippen LogP contribution in [0.5, 0.6) is 5.75 Å². The third-order valence-corrected chi connectivity index (χ3v) is 5.38. The van der Waals surface area contributed by atoms with E-state index >= 15 is 0 Å². The SMILES string of the molecule is Oc1c(-c2ccccc2)cc(C2CCCCC2)cc1-c1ccccc1. The first-order valence-corrected chi connectivity index (χ1v) is 9.30. The van der Waals surface area contributed by atoms with Gasteiger partial charge in [0.25, 0.3) is 0 Å². The Hall–Kier alpha value is -2.54. The zero-order valence-electron chi connectivity index (χ0n) is 14.5. The topological polar surface area (TPSA) is 20.2 Å². The Morgan fingerprint density at radius 3 is 1.60 bits per heavy atom. The largest absolute Gasteiger partial charge is 0.507 e. The quantitative estimate of drug-likeness (QED) is 0.562. The molecule has 25 heavy (non-hydrogen) atoms. The molecule has 1 heteroatoms. The number of hydrogen-bond acceptors (Lipinski definition) is 1.